The topological polar surface area (TPSA) is 29.1 Å². The normalized spacial score (nSPS) is 13.1. The molecule has 2 nitrogen and oxygen atoms in total. The largest absolute Gasteiger partial charge is 0.326 e. The van der Waals surface area contributed by atoms with Crippen molar-refractivity contribution in [3.05, 3.63) is 48.2 Å². The second-order valence-corrected chi connectivity index (χ2v) is 2.87. The zero-order chi connectivity index (χ0) is 11.0. The van der Waals surface area contributed by atoms with Crippen molar-refractivity contribution >= 4 is 5.91 Å². The van der Waals surface area contributed by atoms with Crippen molar-refractivity contribution in [2.75, 3.05) is 0 Å². The summed E-state index contributed by atoms with van der Waals surface area (Å²) in [6.07, 6.45) is 9.22. The van der Waals surface area contributed by atoms with Crippen molar-refractivity contribution in [3.8, 4) is 0 Å². The van der Waals surface area contributed by atoms with Crippen molar-refractivity contribution in [1.82, 2.24) is 5.32 Å². The fraction of sp³-hybridized carbons (Fsp3) is 0.250. The lowest BCUT2D eigenvalue weighted by atomic mass is 10.2. The summed E-state index contributed by atoms with van der Waals surface area (Å²) in [6.45, 7) is 8.96. The summed E-state index contributed by atoms with van der Waals surface area (Å²) in [5.41, 5.74) is 1.78. The molecule has 0 atom stereocenters. The molecule has 0 aliphatic rings. The van der Waals surface area contributed by atoms with Crippen LogP contribution in [0, 0.1) is 0 Å². The molecule has 0 aliphatic heterocycles. The van der Waals surface area contributed by atoms with Crippen LogP contribution >= 0.6 is 0 Å². The van der Waals surface area contributed by atoms with Crippen molar-refractivity contribution in [2.45, 2.75) is 20.8 Å². The van der Waals surface area contributed by atoms with Crippen LogP contribution in [0.15, 0.2) is 48.2 Å². The van der Waals surface area contributed by atoms with E-state index >= 15 is 0 Å². The Bertz CT molecular complexity index is 295. The highest BCUT2D eigenvalue weighted by atomic mass is 16.1. The molecule has 1 N–H and O–H groups in total. The zero-order valence-electron chi connectivity index (χ0n) is 9.00. The molecule has 0 heterocycles. The highest BCUT2D eigenvalue weighted by Gasteiger charge is 1.99. The summed E-state index contributed by atoms with van der Waals surface area (Å²) in [6, 6.07) is 0. The first-order chi connectivity index (χ1) is 6.61. The number of carbonyl (C=O) groups excluding carboxylic acids is 1. The smallest absolute Gasteiger partial charge is 0.221 e. The lowest BCUT2D eigenvalue weighted by Crippen LogP contribution is -2.19. The zero-order valence-corrected chi connectivity index (χ0v) is 9.00. The Hall–Kier alpha value is -1.57. The van der Waals surface area contributed by atoms with Crippen LogP contribution in [-0.2, 0) is 4.79 Å². The molecule has 0 rings (SSSR count). The standard InChI is InChI=1S/C12H17NO/c1-5-7-9-10(3)12(8-6-2)13-11(4)14/h5-9H,2H2,1,3-4H3,(H,13,14)/b7-5-,10-9-,12-8+. The third-order valence-corrected chi connectivity index (χ3v) is 1.56. The van der Waals surface area contributed by atoms with Gasteiger partial charge in [-0.05, 0) is 25.5 Å². The molecule has 1 amide bonds. The number of hydrogen-bond donors (Lipinski definition) is 1. The summed E-state index contributed by atoms with van der Waals surface area (Å²) in [7, 11) is 0. The first-order valence-corrected chi connectivity index (χ1v) is 4.52. The van der Waals surface area contributed by atoms with E-state index in [1.807, 2.05) is 32.1 Å². The van der Waals surface area contributed by atoms with Gasteiger partial charge in [-0.2, -0.15) is 0 Å². The third-order valence-electron chi connectivity index (χ3n) is 1.56. The molecule has 76 valence electrons. The summed E-state index contributed by atoms with van der Waals surface area (Å²) in [5.74, 6) is -0.0775. The maximum Gasteiger partial charge on any atom is 0.221 e. The Morgan fingerprint density at radius 2 is 1.93 bits per heavy atom. The minimum atomic E-state index is -0.0775. The van der Waals surface area contributed by atoms with Gasteiger partial charge in [-0.15, -0.1) is 0 Å². The van der Waals surface area contributed by atoms with Crippen LogP contribution in [0.5, 0.6) is 0 Å². The van der Waals surface area contributed by atoms with E-state index < -0.39 is 0 Å². The van der Waals surface area contributed by atoms with Gasteiger partial charge in [-0.1, -0.05) is 30.9 Å². The van der Waals surface area contributed by atoms with Crippen LogP contribution in [0.25, 0.3) is 0 Å². The van der Waals surface area contributed by atoms with Gasteiger partial charge in [0, 0.05) is 12.6 Å². The molecule has 0 unspecified atom stereocenters. The molecular formula is C12H17NO. The quantitative estimate of drug-likeness (QED) is 0.680. The van der Waals surface area contributed by atoms with Gasteiger partial charge >= 0.3 is 0 Å². The van der Waals surface area contributed by atoms with Gasteiger partial charge in [0.2, 0.25) is 5.91 Å². The van der Waals surface area contributed by atoms with E-state index in [0.29, 0.717) is 0 Å². The van der Waals surface area contributed by atoms with E-state index in [1.165, 1.54) is 6.92 Å². The molecule has 0 aromatic heterocycles. The van der Waals surface area contributed by atoms with Gasteiger partial charge in [-0.25, -0.2) is 0 Å². The van der Waals surface area contributed by atoms with Gasteiger partial charge < -0.3 is 5.32 Å². The Labute approximate surface area is 85.7 Å². The SMILES string of the molecule is C=C\C=C(NC(C)=O)/C(C)=C\C=C/C. The minimum absolute atomic E-state index is 0.0775. The van der Waals surface area contributed by atoms with Crippen LogP contribution in [0.3, 0.4) is 0 Å². The molecule has 0 saturated carbocycles. The minimum Gasteiger partial charge on any atom is -0.326 e. The van der Waals surface area contributed by atoms with Crippen LogP contribution in [0.4, 0.5) is 0 Å². The Balaban J connectivity index is 4.74. The van der Waals surface area contributed by atoms with E-state index in [2.05, 4.69) is 11.9 Å². The molecule has 0 aromatic carbocycles. The van der Waals surface area contributed by atoms with Crippen molar-refractivity contribution in [2.24, 2.45) is 0 Å². The van der Waals surface area contributed by atoms with E-state index in [0.717, 1.165) is 11.3 Å². The van der Waals surface area contributed by atoms with Crippen LogP contribution in [0.1, 0.15) is 20.8 Å². The van der Waals surface area contributed by atoms with E-state index in [-0.39, 0.29) is 5.91 Å². The number of hydrogen-bond acceptors (Lipinski definition) is 1. The van der Waals surface area contributed by atoms with Crippen LogP contribution < -0.4 is 5.32 Å². The lowest BCUT2D eigenvalue weighted by Gasteiger charge is -2.06. The molecule has 2 heteroatoms. The molecule has 0 aliphatic carbocycles. The number of carbonyl (C=O) groups is 1. The van der Waals surface area contributed by atoms with Crippen molar-refractivity contribution in [3.63, 3.8) is 0 Å². The summed E-state index contributed by atoms with van der Waals surface area (Å²) < 4.78 is 0. The molecule has 0 fully saturated rings. The fourth-order valence-corrected chi connectivity index (χ4v) is 0.910. The number of nitrogens with one attached hydrogen (secondary N) is 1. The highest BCUT2D eigenvalue weighted by molar-refractivity contribution is 5.76. The van der Waals surface area contributed by atoms with Gasteiger partial charge in [0.05, 0.1) is 0 Å². The first-order valence-electron chi connectivity index (χ1n) is 4.52. The van der Waals surface area contributed by atoms with Gasteiger partial charge in [0.15, 0.2) is 0 Å². The van der Waals surface area contributed by atoms with Gasteiger partial charge in [0.25, 0.3) is 0 Å². The lowest BCUT2D eigenvalue weighted by molar-refractivity contribution is -0.118. The van der Waals surface area contributed by atoms with E-state index in [1.54, 1.807) is 12.2 Å². The number of rotatable bonds is 4. The van der Waals surface area contributed by atoms with Crippen LogP contribution in [-0.4, -0.2) is 5.91 Å². The first kappa shape index (κ1) is 12.4. The van der Waals surface area contributed by atoms with E-state index in [4.69, 9.17) is 0 Å². The van der Waals surface area contributed by atoms with Gasteiger partial charge in [0.1, 0.15) is 0 Å². The summed E-state index contributed by atoms with van der Waals surface area (Å²) in [4.78, 5) is 10.9. The maximum absolute atomic E-state index is 10.9. The second kappa shape index (κ2) is 6.89. The second-order valence-electron chi connectivity index (χ2n) is 2.87. The van der Waals surface area contributed by atoms with Gasteiger partial charge in [-0.3, -0.25) is 4.79 Å². The Kier molecular flexibility index (Phi) is 6.12. The monoisotopic (exact) mass is 191 g/mol. The van der Waals surface area contributed by atoms with Crippen LogP contribution in [0.2, 0.25) is 0 Å². The predicted octanol–water partition coefficient (Wildman–Crippen LogP) is 2.71. The average Bonchev–Trinajstić information content (AvgIpc) is 2.13. The predicted molar refractivity (Wildman–Crippen MR) is 60.7 cm³/mol. The molecule has 0 spiro atoms. The summed E-state index contributed by atoms with van der Waals surface area (Å²) >= 11 is 0. The molecule has 0 saturated heterocycles. The van der Waals surface area contributed by atoms with E-state index in [9.17, 15) is 4.79 Å². The highest BCUT2D eigenvalue weighted by Crippen LogP contribution is 2.06. The fourth-order valence-electron chi connectivity index (χ4n) is 0.910. The molecule has 0 radical (unpaired) electrons. The maximum atomic E-state index is 10.9. The summed E-state index contributed by atoms with van der Waals surface area (Å²) in [5, 5.41) is 2.74. The molecule has 14 heavy (non-hydrogen) atoms. The molecule has 0 bridgehead atoms. The molecular weight excluding hydrogens is 174 g/mol. The van der Waals surface area contributed by atoms with Crippen molar-refractivity contribution in [1.29, 1.82) is 0 Å². The average molecular weight is 191 g/mol. The number of allylic oxidation sites excluding steroid dienone is 6. The third kappa shape index (κ3) is 5.14. The Morgan fingerprint density at radius 3 is 2.36 bits per heavy atom. The van der Waals surface area contributed by atoms with Crippen molar-refractivity contribution < 1.29 is 4.79 Å². The molecule has 0 aromatic rings. The Morgan fingerprint density at radius 1 is 1.29 bits per heavy atom. The number of amides is 1.